The third-order valence-electron chi connectivity index (χ3n) is 4.87. The number of rotatable bonds is 1. The van der Waals surface area contributed by atoms with Crippen molar-refractivity contribution in [1.82, 2.24) is 15.2 Å². The van der Waals surface area contributed by atoms with Crippen LogP contribution in [0.1, 0.15) is 0 Å². The fraction of sp³-hybridized carbons (Fsp3) is 0.667. The molecule has 0 spiro atoms. The predicted octanol–water partition coefficient (Wildman–Crippen LogP) is 0.0371. The Hall–Kier alpha value is -1.53. The second-order valence-electron chi connectivity index (χ2n) is 6.29. The lowest BCUT2D eigenvalue weighted by Crippen LogP contribution is -2.56. The van der Waals surface area contributed by atoms with E-state index in [0.717, 1.165) is 58.2 Å². The van der Waals surface area contributed by atoms with Crippen LogP contribution in [-0.2, 0) is 0 Å². The molecule has 4 heterocycles. The van der Waals surface area contributed by atoms with Crippen LogP contribution in [0.2, 0.25) is 0 Å². The predicted molar refractivity (Wildman–Crippen MR) is 86.4 cm³/mol. The first-order chi connectivity index (χ1) is 10.3. The fourth-order valence-electron chi connectivity index (χ4n) is 3.49. The number of likely N-dealkylation sites (N-methyl/N-ethyl adjacent to an activating group) is 1. The maximum Gasteiger partial charge on any atom is 0.152 e. The SMILES string of the molecule is CN1CCN(c2cnc3c(c2)NC[C@H]2CNCCN32)CC1. The molecule has 1 aromatic heterocycles. The van der Waals surface area contributed by atoms with Gasteiger partial charge in [-0.1, -0.05) is 0 Å². The van der Waals surface area contributed by atoms with Crippen molar-refractivity contribution in [3.63, 3.8) is 0 Å². The summed E-state index contributed by atoms with van der Waals surface area (Å²) in [6, 6.07) is 2.82. The van der Waals surface area contributed by atoms with Gasteiger partial charge < -0.3 is 25.3 Å². The molecule has 114 valence electrons. The zero-order chi connectivity index (χ0) is 14.2. The summed E-state index contributed by atoms with van der Waals surface area (Å²) < 4.78 is 0. The Bertz CT molecular complexity index is 511. The van der Waals surface area contributed by atoms with Gasteiger partial charge >= 0.3 is 0 Å². The third-order valence-corrected chi connectivity index (χ3v) is 4.87. The van der Waals surface area contributed by atoms with Crippen LogP contribution in [-0.4, -0.2) is 75.3 Å². The Morgan fingerprint density at radius 3 is 2.86 bits per heavy atom. The zero-order valence-electron chi connectivity index (χ0n) is 12.7. The lowest BCUT2D eigenvalue weighted by atomic mass is 10.1. The molecule has 6 nitrogen and oxygen atoms in total. The van der Waals surface area contributed by atoms with E-state index in [4.69, 9.17) is 4.98 Å². The molecule has 2 fully saturated rings. The van der Waals surface area contributed by atoms with Crippen LogP contribution in [0.5, 0.6) is 0 Å². The topological polar surface area (TPSA) is 46.7 Å². The summed E-state index contributed by atoms with van der Waals surface area (Å²) in [5.41, 5.74) is 2.45. The second-order valence-corrected chi connectivity index (χ2v) is 6.29. The molecule has 2 saturated heterocycles. The van der Waals surface area contributed by atoms with Crippen molar-refractivity contribution in [2.24, 2.45) is 0 Å². The standard InChI is InChI=1S/C15H24N6/c1-19-4-6-20(7-5-19)12-8-14-15(18-10-12)21-3-2-16-9-13(21)11-17-14/h8,10,13,16-17H,2-7,9,11H2,1H3/t13-/m1/s1. The van der Waals surface area contributed by atoms with Crippen molar-refractivity contribution in [2.75, 3.05) is 74.5 Å². The van der Waals surface area contributed by atoms with Crippen molar-refractivity contribution >= 4 is 17.2 Å². The van der Waals surface area contributed by atoms with Gasteiger partial charge in [0, 0.05) is 52.4 Å². The normalized spacial score (nSPS) is 26.0. The molecular formula is C15H24N6. The molecule has 6 heteroatoms. The molecule has 0 amide bonds. The van der Waals surface area contributed by atoms with Crippen molar-refractivity contribution in [3.05, 3.63) is 12.3 Å². The van der Waals surface area contributed by atoms with Gasteiger partial charge in [-0.3, -0.25) is 0 Å². The summed E-state index contributed by atoms with van der Waals surface area (Å²) in [7, 11) is 2.19. The summed E-state index contributed by atoms with van der Waals surface area (Å²) in [6.45, 7) is 8.61. The lowest BCUT2D eigenvalue weighted by molar-refractivity contribution is 0.313. The molecule has 0 bridgehead atoms. The van der Waals surface area contributed by atoms with E-state index in [1.807, 2.05) is 0 Å². The second kappa shape index (κ2) is 5.35. The van der Waals surface area contributed by atoms with Crippen LogP contribution >= 0.6 is 0 Å². The van der Waals surface area contributed by atoms with Crippen LogP contribution in [0.15, 0.2) is 12.3 Å². The Morgan fingerprint density at radius 1 is 1.14 bits per heavy atom. The van der Waals surface area contributed by atoms with Crippen molar-refractivity contribution < 1.29 is 0 Å². The van der Waals surface area contributed by atoms with E-state index in [1.165, 1.54) is 11.4 Å². The van der Waals surface area contributed by atoms with Gasteiger partial charge in [-0.25, -0.2) is 4.98 Å². The van der Waals surface area contributed by atoms with Crippen LogP contribution in [0.25, 0.3) is 0 Å². The highest BCUT2D eigenvalue weighted by atomic mass is 15.3. The number of pyridine rings is 1. The number of aromatic nitrogens is 1. The van der Waals surface area contributed by atoms with E-state index in [-0.39, 0.29) is 0 Å². The quantitative estimate of drug-likeness (QED) is 0.761. The number of fused-ring (bicyclic) bond motifs is 3. The van der Waals surface area contributed by atoms with Crippen molar-refractivity contribution in [1.29, 1.82) is 0 Å². The minimum atomic E-state index is 0.535. The monoisotopic (exact) mass is 288 g/mol. The molecular weight excluding hydrogens is 264 g/mol. The fourth-order valence-corrected chi connectivity index (χ4v) is 3.49. The smallest absolute Gasteiger partial charge is 0.152 e. The summed E-state index contributed by atoms with van der Waals surface area (Å²) in [5.74, 6) is 1.13. The molecule has 0 aromatic carbocycles. The molecule has 0 aliphatic carbocycles. The molecule has 4 rings (SSSR count). The van der Waals surface area contributed by atoms with Gasteiger partial charge in [-0.05, 0) is 13.1 Å². The molecule has 1 atom stereocenters. The number of anilines is 3. The molecule has 3 aliphatic rings. The van der Waals surface area contributed by atoms with Crippen molar-refractivity contribution in [2.45, 2.75) is 6.04 Å². The maximum absolute atomic E-state index is 4.78. The third kappa shape index (κ3) is 2.42. The lowest BCUT2D eigenvalue weighted by Gasteiger charge is -2.42. The summed E-state index contributed by atoms with van der Waals surface area (Å²) in [6.07, 6.45) is 2.05. The van der Waals surface area contributed by atoms with Gasteiger partial charge in [0.25, 0.3) is 0 Å². The van der Waals surface area contributed by atoms with Gasteiger partial charge in [0.1, 0.15) is 0 Å². The molecule has 1 aromatic rings. The number of hydrogen-bond donors (Lipinski definition) is 2. The highest BCUT2D eigenvalue weighted by Crippen LogP contribution is 2.33. The highest BCUT2D eigenvalue weighted by Gasteiger charge is 2.29. The van der Waals surface area contributed by atoms with E-state index in [2.05, 4.69) is 44.6 Å². The molecule has 2 N–H and O–H groups in total. The van der Waals surface area contributed by atoms with E-state index in [0.29, 0.717) is 6.04 Å². The van der Waals surface area contributed by atoms with Gasteiger partial charge in [-0.15, -0.1) is 0 Å². The molecule has 0 saturated carbocycles. The minimum absolute atomic E-state index is 0.535. The number of hydrogen-bond acceptors (Lipinski definition) is 6. The Labute approximate surface area is 126 Å². The van der Waals surface area contributed by atoms with Gasteiger partial charge in [0.2, 0.25) is 0 Å². The first kappa shape index (κ1) is 13.2. The van der Waals surface area contributed by atoms with Gasteiger partial charge in [0.15, 0.2) is 5.82 Å². The average Bonchev–Trinajstić information content (AvgIpc) is 2.55. The Kier molecular flexibility index (Phi) is 3.35. The largest absolute Gasteiger partial charge is 0.380 e. The molecule has 0 radical (unpaired) electrons. The zero-order valence-corrected chi connectivity index (χ0v) is 12.7. The highest BCUT2D eigenvalue weighted by molar-refractivity contribution is 5.73. The number of nitrogens with one attached hydrogen (secondary N) is 2. The minimum Gasteiger partial charge on any atom is -0.380 e. The summed E-state index contributed by atoms with van der Waals surface area (Å²) in [4.78, 5) is 12.1. The van der Waals surface area contributed by atoms with Gasteiger partial charge in [0.05, 0.1) is 23.6 Å². The van der Waals surface area contributed by atoms with Crippen LogP contribution in [0, 0.1) is 0 Å². The first-order valence-electron chi connectivity index (χ1n) is 7.96. The van der Waals surface area contributed by atoms with E-state index in [9.17, 15) is 0 Å². The maximum atomic E-state index is 4.78. The number of piperazine rings is 2. The summed E-state index contributed by atoms with van der Waals surface area (Å²) in [5, 5.41) is 7.03. The molecule has 3 aliphatic heterocycles. The number of nitrogens with zero attached hydrogens (tertiary/aromatic N) is 4. The van der Waals surface area contributed by atoms with E-state index >= 15 is 0 Å². The average molecular weight is 288 g/mol. The van der Waals surface area contributed by atoms with E-state index < -0.39 is 0 Å². The van der Waals surface area contributed by atoms with E-state index in [1.54, 1.807) is 0 Å². The summed E-state index contributed by atoms with van der Waals surface area (Å²) >= 11 is 0. The van der Waals surface area contributed by atoms with Crippen molar-refractivity contribution in [3.8, 4) is 0 Å². The molecule has 21 heavy (non-hydrogen) atoms. The van der Waals surface area contributed by atoms with Crippen LogP contribution in [0.3, 0.4) is 0 Å². The Morgan fingerprint density at radius 2 is 2.00 bits per heavy atom. The Balaban J connectivity index is 1.57. The van der Waals surface area contributed by atoms with Crippen LogP contribution < -0.4 is 20.4 Å². The van der Waals surface area contributed by atoms with Crippen LogP contribution in [0.4, 0.5) is 17.2 Å². The molecule has 0 unspecified atom stereocenters. The first-order valence-corrected chi connectivity index (χ1v) is 7.96. The van der Waals surface area contributed by atoms with Gasteiger partial charge in [-0.2, -0.15) is 0 Å².